The van der Waals surface area contributed by atoms with Gasteiger partial charge in [-0.3, -0.25) is 0 Å². The molecule has 1 aromatic heterocycles. The Morgan fingerprint density at radius 2 is 2.12 bits per heavy atom. The fraction of sp³-hybridized carbons (Fsp3) is 0.214. The Hall–Kier alpha value is -1.98. The summed E-state index contributed by atoms with van der Waals surface area (Å²) in [6.45, 7) is -1.21. The van der Waals surface area contributed by atoms with E-state index in [2.05, 4.69) is 4.98 Å². The van der Waals surface area contributed by atoms with Gasteiger partial charge in [-0.25, -0.2) is 30.9 Å². The van der Waals surface area contributed by atoms with E-state index in [1.165, 1.54) is 5.51 Å². The lowest BCUT2D eigenvalue weighted by Crippen LogP contribution is -2.38. The highest BCUT2D eigenvalue weighted by Crippen LogP contribution is 2.47. The molecule has 0 radical (unpaired) electrons. The molecule has 3 rings (SSSR count). The van der Waals surface area contributed by atoms with Crippen LogP contribution >= 0.6 is 22.9 Å². The minimum absolute atomic E-state index is 0.0862. The fourth-order valence-corrected chi connectivity index (χ4v) is 5.32. The number of aromatic nitrogens is 1. The van der Waals surface area contributed by atoms with Crippen molar-refractivity contribution in [3.63, 3.8) is 0 Å². The standard InChI is InChI=1S/C14H10ClF3N2O4S2/c1-24-11-6(15)2-3-7(16)9(11)13-10(21)12-14(19-5-25-12)20(4-8(17)18)26(13,22)23/h2-3,5,8,21H,4H2,1H3. The lowest BCUT2D eigenvalue weighted by atomic mass is 10.1. The first kappa shape index (κ1) is 18.8. The third-order valence-corrected chi connectivity index (χ3v) is 6.49. The number of anilines is 1. The summed E-state index contributed by atoms with van der Waals surface area (Å²) in [5.41, 5.74) is 0.541. The van der Waals surface area contributed by atoms with Gasteiger partial charge in [0.05, 0.1) is 29.8 Å². The number of aliphatic hydroxyl groups excluding tert-OH is 1. The summed E-state index contributed by atoms with van der Waals surface area (Å²) in [7, 11) is -3.64. The van der Waals surface area contributed by atoms with Crippen molar-refractivity contribution in [1.29, 1.82) is 0 Å². The number of methoxy groups -OCH3 is 1. The first-order valence-corrected chi connectivity index (χ1v) is 9.60. The molecule has 0 amide bonds. The number of nitrogens with zero attached hydrogens (tertiary/aromatic N) is 2. The van der Waals surface area contributed by atoms with E-state index in [0.29, 0.717) is 4.31 Å². The smallest absolute Gasteiger partial charge is 0.270 e. The Morgan fingerprint density at radius 3 is 2.73 bits per heavy atom. The average molecular weight is 427 g/mol. The van der Waals surface area contributed by atoms with Crippen molar-refractivity contribution in [2.45, 2.75) is 6.43 Å². The molecule has 26 heavy (non-hydrogen) atoms. The van der Waals surface area contributed by atoms with Gasteiger partial charge in [-0.15, -0.1) is 11.3 Å². The zero-order valence-electron chi connectivity index (χ0n) is 12.9. The molecule has 12 heteroatoms. The lowest BCUT2D eigenvalue weighted by molar-refractivity contribution is 0.159. The Labute approximate surface area is 155 Å². The number of hydrogen-bond acceptors (Lipinski definition) is 6. The molecule has 1 aliphatic heterocycles. The molecule has 140 valence electrons. The van der Waals surface area contributed by atoms with E-state index in [4.69, 9.17) is 16.3 Å². The number of hydrogen-bond donors (Lipinski definition) is 1. The normalized spacial score (nSPS) is 16.2. The zero-order chi connectivity index (χ0) is 19.2. The molecule has 0 unspecified atom stereocenters. The summed E-state index contributed by atoms with van der Waals surface area (Å²) in [5, 5.41) is 10.4. The highest BCUT2D eigenvalue weighted by atomic mass is 35.5. The van der Waals surface area contributed by atoms with E-state index in [1.54, 1.807) is 0 Å². The van der Waals surface area contributed by atoms with Crippen LogP contribution in [0.1, 0.15) is 10.4 Å². The maximum absolute atomic E-state index is 14.5. The minimum atomic E-state index is -4.77. The van der Waals surface area contributed by atoms with Gasteiger partial charge in [0.1, 0.15) is 21.3 Å². The van der Waals surface area contributed by atoms with Gasteiger partial charge in [0.2, 0.25) is 0 Å². The van der Waals surface area contributed by atoms with E-state index in [-0.39, 0.29) is 21.5 Å². The van der Waals surface area contributed by atoms with E-state index >= 15 is 0 Å². The summed E-state index contributed by atoms with van der Waals surface area (Å²) in [4.78, 5) is 2.74. The first-order valence-electron chi connectivity index (χ1n) is 6.90. The topological polar surface area (TPSA) is 79.7 Å². The van der Waals surface area contributed by atoms with Crippen LogP contribution in [0.4, 0.5) is 19.0 Å². The number of sulfonamides is 1. The molecule has 1 aromatic carbocycles. The molecule has 2 aromatic rings. The molecule has 6 nitrogen and oxygen atoms in total. The van der Waals surface area contributed by atoms with Crippen LogP contribution in [0.15, 0.2) is 17.6 Å². The van der Waals surface area contributed by atoms with Crippen LogP contribution in [0, 0.1) is 5.82 Å². The second-order valence-electron chi connectivity index (χ2n) is 5.05. The van der Waals surface area contributed by atoms with E-state index in [0.717, 1.165) is 30.6 Å². The molecule has 0 aliphatic carbocycles. The van der Waals surface area contributed by atoms with Crippen LogP contribution in [0.2, 0.25) is 5.02 Å². The molecule has 0 bridgehead atoms. The number of thiazole rings is 1. The van der Waals surface area contributed by atoms with Crippen molar-refractivity contribution >= 4 is 49.4 Å². The summed E-state index contributed by atoms with van der Waals surface area (Å²) >= 11 is 6.75. The van der Waals surface area contributed by atoms with E-state index < -0.39 is 45.0 Å². The molecule has 0 atom stereocenters. The number of ether oxygens (including phenoxy) is 1. The molecule has 0 saturated heterocycles. The van der Waals surface area contributed by atoms with Crippen LogP contribution in [-0.2, 0) is 10.0 Å². The highest BCUT2D eigenvalue weighted by Gasteiger charge is 2.43. The van der Waals surface area contributed by atoms with Crippen LogP contribution in [-0.4, -0.2) is 38.6 Å². The van der Waals surface area contributed by atoms with Crippen molar-refractivity contribution in [2.75, 3.05) is 18.0 Å². The van der Waals surface area contributed by atoms with Crippen molar-refractivity contribution < 1.29 is 31.4 Å². The maximum Gasteiger partial charge on any atom is 0.270 e. The van der Waals surface area contributed by atoms with E-state index in [9.17, 15) is 26.7 Å². The number of alkyl halides is 2. The van der Waals surface area contributed by atoms with Crippen LogP contribution < -0.4 is 9.04 Å². The van der Waals surface area contributed by atoms with Crippen LogP contribution in [0.3, 0.4) is 0 Å². The Balaban J connectivity index is 2.38. The monoisotopic (exact) mass is 426 g/mol. The predicted molar refractivity (Wildman–Crippen MR) is 91.8 cm³/mol. The first-order chi connectivity index (χ1) is 12.2. The largest absolute Gasteiger partial charge is 0.505 e. The molecule has 1 aliphatic rings. The van der Waals surface area contributed by atoms with Crippen molar-refractivity contribution in [2.24, 2.45) is 0 Å². The molecule has 0 spiro atoms. The van der Waals surface area contributed by atoms with Gasteiger partial charge < -0.3 is 9.84 Å². The van der Waals surface area contributed by atoms with Crippen LogP contribution in [0.5, 0.6) is 5.75 Å². The number of halogens is 4. The maximum atomic E-state index is 14.5. The van der Waals surface area contributed by atoms with Gasteiger partial charge >= 0.3 is 0 Å². The minimum Gasteiger partial charge on any atom is -0.505 e. The molecular weight excluding hydrogens is 417 g/mol. The third-order valence-electron chi connectivity index (χ3n) is 3.56. The van der Waals surface area contributed by atoms with Gasteiger partial charge in [-0.05, 0) is 12.1 Å². The SMILES string of the molecule is COc1c(Cl)ccc(F)c1C1=C(O)c2scnc2N(CC(F)F)S1(=O)=O. The lowest BCUT2D eigenvalue weighted by Gasteiger charge is -2.29. The number of fused-ring (bicyclic) bond motifs is 1. The molecular formula is C14H10ClF3N2O4S2. The Kier molecular flexibility index (Phi) is 4.80. The number of rotatable bonds is 4. The van der Waals surface area contributed by atoms with Crippen molar-refractivity contribution in [1.82, 2.24) is 4.98 Å². The summed E-state index contributed by atoms with van der Waals surface area (Å²) in [5.74, 6) is -2.56. The summed E-state index contributed by atoms with van der Waals surface area (Å²) < 4.78 is 71.5. The molecule has 1 N–H and O–H groups in total. The van der Waals surface area contributed by atoms with E-state index in [1.807, 2.05) is 0 Å². The van der Waals surface area contributed by atoms with Gasteiger partial charge in [0, 0.05) is 0 Å². The predicted octanol–water partition coefficient (Wildman–Crippen LogP) is 3.74. The van der Waals surface area contributed by atoms with Crippen molar-refractivity contribution in [3.05, 3.63) is 38.9 Å². The number of benzene rings is 1. The summed E-state index contributed by atoms with van der Waals surface area (Å²) in [6, 6.07) is 2.02. The second kappa shape index (κ2) is 6.63. The zero-order valence-corrected chi connectivity index (χ0v) is 15.3. The molecule has 0 fully saturated rings. The summed E-state index contributed by atoms with van der Waals surface area (Å²) in [6.07, 6.45) is -3.02. The molecule has 2 heterocycles. The quantitative estimate of drug-likeness (QED) is 0.805. The average Bonchev–Trinajstić information content (AvgIpc) is 3.04. The fourth-order valence-electron chi connectivity index (χ4n) is 2.53. The third kappa shape index (κ3) is 2.79. The second-order valence-corrected chi connectivity index (χ2v) is 8.11. The van der Waals surface area contributed by atoms with Crippen LogP contribution in [0.25, 0.3) is 10.7 Å². The highest BCUT2D eigenvalue weighted by molar-refractivity contribution is 8.02. The Bertz CT molecular complexity index is 1010. The Morgan fingerprint density at radius 1 is 1.42 bits per heavy atom. The van der Waals surface area contributed by atoms with Gasteiger partial charge in [-0.2, -0.15) is 0 Å². The van der Waals surface area contributed by atoms with Gasteiger partial charge in [0.15, 0.2) is 11.6 Å². The molecule has 0 saturated carbocycles. The number of aliphatic hydroxyl groups is 1. The van der Waals surface area contributed by atoms with Crippen molar-refractivity contribution in [3.8, 4) is 5.75 Å². The van der Waals surface area contributed by atoms with Gasteiger partial charge in [-0.1, -0.05) is 11.6 Å². The van der Waals surface area contributed by atoms with Gasteiger partial charge in [0.25, 0.3) is 16.4 Å².